The fraction of sp³-hybridized carbons (Fsp3) is 0.429. The van der Waals surface area contributed by atoms with Gasteiger partial charge >= 0.3 is 0 Å². The zero-order valence-electron chi connectivity index (χ0n) is 15.7. The highest BCUT2D eigenvalue weighted by molar-refractivity contribution is 5.94. The van der Waals surface area contributed by atoms with Crippen LogP contribution in [0.2, 0.25) is 0 Å². The summed E-state index contributed by atoms with van der Waals surface area (Å²) in [4.78, 5) is 24.4. The average Bonchev–Trinajstić information content (AvgIpc) is 2.65. The predicted molar refractivity (Wildman–Crippen MR) is 101 cm³/mol. The minimum Gasteiger partial charge on any atom is -0.487 e. The number of ether oxygens (including phenoxy) is 2. The Bertz CT molecular complexity index is 928. The first-order valence-corrected chi connectivity index (χ1v) is 9.31. The molecule has 1 amide bonds. The quantitative estimate of drug-likeness (QED) is 0.884. The van der Waals surface area contributed by atoms with E-state index >= 15 is 0 Å². The highest BCUT2D eigenvalue weighted by atomic mass is 16.5. The van der Waals surface area contributed by atoms with Gasteiger partial charge in [0.2, 0.25) is 5.56 Å². The monoisotopic (exact) mass is 368 g/mol. The Labute approximate surface area is 158 Å². The van der Waals surface area contributed by atoms with Crippen LogP contribution in [-0.2, 0) is 11.8 Å². The van der Waals surface area contributed by atoms with Gasteiger partial charge in [-0.05, 0) is 19.1 Å². The van der Waals surface area contributed by atoms with Crippen molar-refractivity contribution < 1.29 is 14.3 Å². The van der Waals surface area contributed by atoms with E-state index in [4.69, 9.17) is 9.47 Å². The van der Waals surface area contributed by atoms with Crippen LogP contribution in [0.4, 0.5) is 0 Å². The van der Waals surface area contributed by atoms with Gasteiger partial charge in [-0.1, -0.05) is 17.7 Å². The van der Waals surface area contributed by atoms with Crippen molar-refractivity contribution in [2.24, 2.45) is 7.05 Å². The van der Waals surface area contributed by atoms with Gasteiger partial charge in [0.05, 0.1) is 24.8 Å². The third-order valence-corrected chi connectivity index (χ3v) is 5.50. The van der Waals surface area contributed by atoms with E-state index in [1.54, 1.807) is 19.3 Å². The summed E-state index contributed by atoms with van der Waals surface area (Å²) < 4.78 is 13.3. The number of pyridine rings is 1. The number of aromatic nitrogens is 1. The highest BCUT2D eigenvalue weighted by Crippen LogP contribution is 2.44. The number of nitrogens with zero attached hydrogens (tertiary/aromatic N) is 1. The largest absolute Gasteiger partial charge is 0.487 e. The first-order valence-electron chi connectivity index (χ1n) is 9.31. The molecular weight excluding hydrogens is 344 g/mol. The van der Waals surface area contributed by atoms with Crippen LogP contribution in [-0.4, -0.2) is 29.3 Å². The number of rotatable bonds is 2. The van der Waals surface area contributed by atoms with E-state index in [0.29, 0.717) is 25.2 Å². The number of amides is 1. The van der Waals surface area contributed by atoms with E-state index in [1.165, 1.54) is 10.6 Å². The van der Waals surface area contributed by atoms with Crippen molar-refractivity contribution in [2.45, 2.75) is 37.8 Å². The summed E-state index contributed by atoms with van der Waals surface area (Å²) in [5.74, 6) is 0.645. The van der Waals surface area contributed by atoms with Crippen LogP contribution in [0.3, 0.4) is 0 Å². The van der Waals surface area contributed by atoms with Crippen molar-refractivity contribution in [1.29, 1.82) is 0 Å². The second kappa shape index (κ2) is 6.85. The SMILES string of the molecule is Cc1ccc2c(c1)[C@@H](NC(=O)c1ccc(=O)n(C)c1)CC1(CCOCC1)O2. The summed E-state index contributed by atoms with van der Waals surface area (Å²) in [7, 11) is 1.64. The minimum atomic E-state index is -0.304. The zero-order valence-corrected chi connectivity index (χ0v) is 15.7. The molecule has 3 heterocycles. The normalized spacial score (nSPS) is 20.6. The van der Waals surface area contributed by atoms with E-state index in [9.17, 15) is 9.59 Å². The number of fused-ring (bicyclic) bond motifs is 1. The lowest BCUT2D eigenvalue weighted by Gasteiger charge is -2.44. The first kappa shape index (κ1) is 17.8. The maximum absolute atomic E-state index is 12.9. The zero-order chi connectivity index (χ0) is 19.0. The molecule has 6 nitrogen and oxygen atoms in total. The molecule has 2 aliphatic rings. The standard InChI is InChI=1S/C21H24N2O4/c1-14-3-5-18-16(11-14)17(12-21(27-18)7-9-26-10-8-21)22-20(25)15-4-6-19(24)23(2)13-15/h3-6,11,13,17H,7-10,12H2,1-2H3,(H,22,25)/t17-/m0/s1. The summed E-state index contributed by atoms with van der Waals surface area (Å²) >= 11 is 0. The molecule has 0 aliphatic carbocycles. The Balaban J connectivity index is 1.65. The molecule has 0 bridgehead atoms. The number of hydrogen-bond donors (Lipinski definition) is 1. The van der Waals surface area contributed by atoms with E-state index in [-0.39, 0.29) is 23.1 Å². The van der Waals surface area contributed by atoms with Gasteiger partial charge in [0, 0.05) is 44.1 Å². The number of benzene rings is 1. The topological polar surface area (TPSA) is 69.6 Å². The predicted octanol–water partition coefficient (Wildman–Crippen LogP) is 2.50. The maximum atomic E-state index is 12.9. The second-order valence-electron chi connectivity index (χ2n) is 7.54. The summed E-state index contributed by atoms with van der Waals surface area (Å²) in [5.41, 5.74) is 2.16. The number of carbonyl (C=O) groups is 1. The lowest BCUT2D eigenvalue weighted by molar-refractivity contribution is -0.0639. The van der Waals surface area contributed by atoms with Gasteiger partial charge in [-0.2, -0.15) is 0 Å². The summed E-state index contributed by atoms with van der Waals surface area (Å²) in [6.45, 7) is 3.37. The summed E-state index contributed by atoms with van der Waals surface area (Å²) in [6, 6.07) is 8.94. The fourth-order valence-electron chi connectivity index (χ4n) is 3.94. The molecule has 1 fully saturated rings. The van der Waals surface area contributed by atoms with Crippen molar-refractivity contribution >= 4 is 5.91 Å². The van der Waals surface area contributed by atoms with Crippen LogP contribution < -0.4 is 15.6 Å². The highest BCUT2D eigenvalue weighted by Gasteiger charge is 2.42. The second-order valence-corrected chi connectivity index (χ2v) is 7.54. The molecule has 1 N–H and O–H groups in total. The van der Waals surface area contributed by atoms with Crippen molar-refractivity contribution in [1.82, 2.24) is 9.88 Å². The number of carbonyl (C=O) groups excluding carboxylic acids is 1. The molecule has 4 rings (SSSR count). The van der Waals surface area contributed by atoms with Gasteiger partial charge < -0.3 is 19.4 Å². The Morgan fingerprint density at radius 1 is 1.22 bits per heavy atom. The Morgan fingerprint density at radius 2 is 2.00 bits per heavy atom. The van der Waals surface area contributed by atoms with Gasteiger partial charge in [-0.15, -0.1) is 0 Å². The summed E-state index contributed by atoms with van der Waals surface area (Å²) in [6.07, 6.45) is 3.90. The summed E-state index contributed by atoms with van der Waals surface area (Å²) in [5, 5.41) is 3.16. The van der Waals surface area contributed by atoms with Crippen LogP contribution in [0.25, 0.3) is 0 Å². The first-order chi connectivity index (χ1) is 13.0. The molecule has 1 spiro atoms. The molecule has 1 saturated heterocycles. The van der Waals surface area contributed by atoms with E-state index in [0.717, 1.165) is 29.7 Å². The molecule has 27 heavy (non-hydrogen) atoms. The molecule has 1 aromatic heterocycles. The van der Waals surface area contributed by atoms with Crippen molar-refractivity contribution in [3.05, 3.63) is 63.6 Å². The van der Waals surface area contributed by atoms with E-state index in [2.05, 4.69) is 11.4 Å². The van der Waals surface area contributed by atoms with E-state index in [1.807, 2.05) is 19.1 Å². The molecule has 2 aliphatic heterocycles. The number of aryl methyl sites for hydroxylation is 2. The minimum absolute atomic E-state index is 0.139. The van der Waals surface area contributed by atoms with Crippen molar-refractivity contribution in [3.63, 3.8) is 0 Å². The van der Waals surface area contributed by atoms with Gasteiger partial charge in [0.15, 0.2) is 0 Å². The molecule has 0 saturated carbocycles. The van der Waals surface area contributed by atoms with Crippen LogP contribution in [0.5, 0.6) is 5.75 Å². The van der Waals surface area contributed by atoms with Crippen molar-refractivity contribution in [3.8, 4) is 5.75 Å². The maximum Gasteiger partial charge on any atom is 0.253 e. The van der Waals surface area contributed by atoms with Gasteiger partial charge in [-0.3, -0.25) is 9.59 Å². The van der Waals surface area contributed by atoms with E-state index < -0.39 is 0 Å². The third-order valence-electron chi connectivity index (χ3n) is 5.50. The lowest BCUT2D eigenvalue weighted by Crippen LogP contribution is -2.48. The Hall–Kier alpha value is -2.60. The molecule has 6 heteroatoms. The number of hydrogen-bond acceptors (Lipinski definition) is 4. The lowest BCUT2D eigenvalue weighted by atomic mass is 9.81. The van der Waals surface area contributed by atoms with Gasteiger partial charge in [-0.25, -0.2) is 0 Å². The van der Waals surface area contributed by atoms with Crippen molar-refractivity contribution in [2.75, 3.05) is 13.2 Å². The molecule has 2 aromatic rings. The smallest absolute Gasteiger partial charge is 0.253 e. The Kier molecular flexibility index (Phi) is 4.52. The molecule has 0 radical (unpaired) electrons. The van der Waals surface area contributed by atoms with Gasteiger partial charge in [0.1, 0.15) is 11.4 Å². The molecule has 1 aromatic carbocycles. The third kappa shape index (κ3) is 3.49. The van der Waals surface area contributed by atoms with Gasteiger partial charge in [0.25, 0.3) is 5.91 Å². The van der Waals surface area contributed by atoms with Crippen LogP contribution >= 0.6 is 0 Å². The Morgan fingerprint density at radius 3 is 2.74 bits per heavy atom. The van der Waals surface area contributed by atoms with Crippen LogP contribution in [0, 0.1) is 6.92 Å². The molecule has 0 unspecified atom stereocenters. The number of nitrogens with one attached hydrogen (secondary N) is 1. The van der Waals surface area contributed by atoms with Crippen LogP contribution in [0.1, 0.15) is 46.8 Å². The van der Waals surface area contributed by atoms with Crippen LogP contribution in [0.15, 0.2) is 41.3 Å². The fourth-order valence-corrected chi connectivity index (χ4v) is 3.94. The molecule has 1 atom stereocenters. The average molecular weight is 368 g/mol. The molecule has 142 valence electrons. The molecular formula is C21H24N2O4.